The molecule has 0 unspecified atom stereocenters. The Morgan fingerprint density at radius 2 is 2.07 bits per heavy atom. The molecule has 76 valence electrons. The third-order valence-corrected chi connectivity index (χ3v) is 2.45. The quantitative estimate of drug-likeness (QED) is 0.720. The molecule has 0 aliphatic heterocycles. The fourth-order valence-electron chi connectivity index (χ4n) is 1.75. The Labute approximate surface area is 87.4 Å². The number of aromatic nitrogens is 1. The Kier molecular flexibility index (Phi) is 2.15. The molecule has 0 spiro atoms. The highest BCUT2D eigenvalue weighted by Gasteiger charge is 2.09. The summed E-state index contributed by atoms with van der Waals surface area (Å²) in [6.07, 6.45) is 0.642. The molecule has 1 aromatic carbocycles. The number of phenols is 1. The lowest BCUT2D eigenvalue weighted by molar-refractivity contribution is 0.112. The topological polar surface area (TPSA) is 50.2 Å². The van der Waals surface area contributed by atoms with Crippen molar-refractivity contribution in [1.29, 1.82) is 0 Å². The second-order valence-electron chi connectivity index (χ2n) is 3.59. The first-order chi connectivity index (χ1) is 7.13. The molecule has 0 fully saturated rings. The predicted octanol–water partition coefficient (Wildman–Crippen LogP) is 2.37. The number of hydrogen-bond donors (Lipinski definition) is 1. The maximum absolute atomic E-state index is 10.9. The van der Waals surface area contributed by atoms with Gasteiger partial charge in [-0.15, -0.1) is 0 Å². The van der Waals surface area contributed by atoms with Crippen molar-refractivity contribution in [3.63, 3.8) is 0 Å². The highest BCUT2D eigenvalue weighted by atomic mass is 16.3. The summed E-state index contributed by atoms with van der Waals surface area (Å²) in [6, 6.07) is 5.25. The van der Waals surface area contributed by atoms with E-state index in [1.165, 1.54) is 6.07 Å². The Balaban J connectivity index is 2.97. The maximum atomic E-state index is 10.9. The molecule has 2 rings (SSSR count). The number of nitrogens with zero attached hydrogens (tertiary/aromatic N) is 1. The van der Waals surface area contributed by atoms with E-state index in [1.807, 2.05) is 19.9 Å². The van der Waals surface area contributed by atoms with E-state index in [-0.39, 0.29) is 11.3 Å². The summed E-state index contributed by atoms with van der Waals surface area (Å²) in [5.41, 5.74) is 2.73. The SMILES string of the molecule is Cc1cc(C)c2ccc(O)c(C=O)c2n1. The fraction of sp³-hybridized carbons (Fsp3) is 0.167. The standard InChI is InChI=1S/C12H11NO2/c1-7-5-8(2)13-12-9(7)3-4-11(15)10(12)6-14/h3-6,15H,1-2H3. The van der Waals surface area contributed by atoms with Gasteiger partial charge in [-0.3, -0.25) is 9.78 Å². The molecule has 1 heterocycles. The first-order valence-electron chi connectivity index (χ1n) is 4.68. The summed E-state index contributed by atoms with van der Waals surface area (Å²) in [5.74, 6) is -0.0185. The van der Waals surface area contributed by atoms with Crippen LogP contribution < -0.4 is 0 Å². The Bertz CT molecular complexity index is 547. The van der Waals surface area contributed by atoms with Gasteiger partial charge in [-0.05, 0) is 37.6 Å². The number of aromatic hydroxyl groups is 1. The smallest absolute Gasteiger partial charge is 0.155 e. The van der Waals surface area contributed by atoms with E-state index in [4.69, 9.17) is 0 Å². The summed E-state index contributed by atoms with van der Waals surface area (Å²) in [7, 11) is 0. The molecule has 15 heavy (non-hydrogen) atoms. The molecule has 2 aromatic rings. The maximum Gasteiger partial charge on any atom is 0.155 e. The average molecular weight is 201 g/mol. The van der Waals surface area contributed by atoms with E-state index in [9.17, 15) is 9.90 Å². The van der Waals surface area contributed by atoms with Crippen molar-refractivity contribution in [3.05, 3.63) is 35.0 Å². The largest absolute Gasteiger partial charge is 0.507 e. The van der Waals surface area contributed by atoms with E-state index in [0.29, 0.717) is 11.8 Å². The molecular weight excluding hydrogens is 190 g/mol. The molecule has 1 N–H and O–H groups in total. The number of rotatable bonds is 1. The number of benzene rings is 1. The lowest BCUT2D eigenvalue weighted by Gasteiger charge is -2.06. The van der Waals surface area contributed by atoms with Crippen LogP contribution in [0.3, 0.4) is 0 Å². The van der Waals surface area contributed by atoms with Crippen molar-refractivity contribution in [2.75, 3.05) is 0 Å². The monoisotopic (exact) mass is 201 g/mol. The number of phenolic OH excluding ortho intramolecular Hbond substituents is 1. The van der Waals surface area contributed by atoms with Gasteiger partial charge < -0.3 is 5.11 Å². The zero-order valence-corrected chi connectivity index (χ0v) is 8.61. The van der Waals surface area contributed by atoms with Gasteiger partial charge in [0.2, 0.25) is 0 Å². The number of aldehydes is 1. The van der Waals surface area contributed by atoms with E-state index in [1.54, 1.807) is 6.07 Å². The van der Waals surface area contributed by atoms with Gasteiger partial charge in [0.05, 0.1) is 11.1 Å². The van der Waals surface area contributed by atoms with Gasteiger partial charge in [0.1, 0.15) is 5.75 Å². The number of aryl methyl sites for hydroxylation is 2. The van der Waals surface area contributed by atoms with Crippen LogP contribution in [0.15, 0.2) is 18.2 Å². The van der Waals surface area contributed by atoms with Crippen LogP contribution in [0.1, 0.15) is 21.6 Å². The van der Waals surface area contributed by atoms with Crippen LogP contribution in [0.25, 0.3) is 10.9 Å². The predicted molar refractivity (Wildman–Crippen MR) is 58.3 cm³/mol. The second-order valence-corrected chi connectivity index (χ2v) is 3.59. The number of carbonyl (C=O) groups is 1. The number of carbonyl (C=O) groups excluding carboxylic acids is 1. The summed E-state index contributed by atoms with van der Waals surface area (Å²) < 4.78 is 0. The average Bonchev–Trinajstić information content (AvgIpc) is 2.17. The summed E-state index contributed by atoms with van der Waals surface area (Å²) in [6.45, 7) is 3.83. The van der Waals surface area contributed by atoms with Crippen LogP contribution in [0, 0.1) is 13.8 Å². The minimum absolute atomic E-state index is 0.0185. The molecule has 0 aliphatic rings. The van der Waals surface area contributed by atoms with Gasteiger partial charge in [-0.1, -0.05) is 0 Å². The van der Waals surface area contributed by atoms with Crippen molar-refractivity contribution in [2.24, 2.45) is 0 Å². The molecule has 0 radical (unpaired) electrons. The molecule has 0 bridgehead atoms. The van der Waals surface area contributed by atoms with Crippen molar-refractivity contribution in [1.82, 2.24) is 4.98 Å². The van der Waals surface area contributed by atoms with Crippen LogP contribution in [0.4, 0.5) is 0 Å². The molecule has 1 aromatic heterocycles. The van der Waals surface area contributed by atoms with Crippen molar-refractivity contribution < 1.29 is 9.90 Å². The third-order valence-electron chi connectivity index (χ3n) is 2.45. The number of pyridine rings is 1. The highest BCUT2D eigenvalue weighted by molar-refractivity contribution is 5.99. The van der Waals surface area contributed by atoms with E-state index < -0.39 is 0 Å². The molecule has 0 atom stereocenters. The lowest BCUT2D eigenvalue weighted by Crippen LogP contribution is -1.92. The van der Waals surface area contributed by atoms with Crippen molar-refractivity contribution in [2.45, 2.75) is 13.8 Å². The Morgan fingerprint density at radius 3 is 2.73 bits per heavy atom. The zero-order chi connectivity index (χ0) is 11.0. The highest BCUT2D eigenvalue weighted by Crippen LogP contribution is 2.26. The van der Waals surface area contributed by atoms with Crippen LogP contribution in [-0.2, 0) is 0 Å². The number of hydrogen-bond acceptors (Lipinski definition) is 3. The summed E-state index contributed by atoms with van der Waals surface area (Å²) in [5, 5.41) is 10.4. The Hall–Kier alpha value is -1.90. The van der Waals surface area contributed by atoms with Gasteiger partial charge in [-0.25, -0.2) is 0 Å². The van der Waals surface area contributed by atoms with Crippen molar-refractivity contribution in [3.8, 4) is 5.75 Å². The van der Waals surface area contributed by atoms with Gasteiger partial charge >= 0.3 is 0 Å². The van der Waals surface area contributed by atoms with Gasteiger partial charge in [0.25, 0.3) is 0 Å². The van der Waals surface area contributed by atoms with E-state index >= 15 is 0 Å². The van der Waals surface area contributed by atoms with Crippen LogP contribution in [0.5, 0.6) is 5.75 Å². The van der Waals surface area contributed by atoms with Crippen molar-refractivity contribution >= 4 is 17.2 Å². The summed E-state index contributed by atoms with van der Waals surface area (Å²) in [4.78, 5) is 15.1. The minimum Gasteiger partial charge on any atom is -0.507 e. The van der Waals surface area contributed by atoms with E-state index in [2.05, 4.69) is 4.98 Å². The molecule has 0 saturated heterocycles. The zero-order valence-electron chi connectivity index (χ0n) is 8.61. The fourth-order valence-corrected chi connectivity index (χ4v) is 1.75. The molecular formula is C12H11NO2. The van der Waals surface area contributed by atoms with Crippen LogP contribution in [-0.4, -0.2) is 16.4 Å². The minimum atomic E-state index is -0.0185. The lowest BCUT2D eigenvalue weighted by atomic mass is 10.0. The molecule has 0 amide bonds. The third kappa shape index (κ3) is 1.46. The van der Waals surface area contributed by atoms with E-state index in [0.717, 1.165) is 16.6 Å². The first kappa shape index (κ1) is 9.65. The summed E-state index contributed by atoms with van der Waals surface area (Å²) >= 11 is 0. The van der Waals surface area contributed by atoms with Gasteiger partial charge in [-0.2, -0.15) is 0 Å². The van der Waals surface area contributed by atoms with Gasteiger partial charge in [0.15, 0.2) is 6.29 Å². The normalized spacial score (nSPS) is 10.5. The first-order valence-corrected chi connectivity index (χ1v) is 4.68. The number of fused-ring (bicyclic) bond motifs is 1. The molecule has 3 heteroatoms. The molecule has 0 aliphatic carbocycles. The second kappa shape index (κ2) is 3.35. The van der Waals surface area contributed by atoms with Gasteiger partial charge in [0, 0.05) is 11.1 Å². The Morgan fingerprint density at radius 1 is 1.33 bits per heavy atom. The molecule has 0 saturated carbocycles. The van der Waals surface area contributed by atoms with Crippen LogP contribution in [0.2, 0.25) is 0 Å². The molecule has 3 nitrogen and oxygen atoms in total. The van der Waals surface area contributed by atoms with Crippen LogP contribution >= 0.6 is 0 Å².